The number of morpholine rings is 1. The second-order valence-electron chi connectivity index (χ2n) is 4.88. The summed E-state index contributed by atoms with van der Waals surface area (Å²) in [6.07, 6.45) is -0.00422. The number of benzene rings is 1. The van der Waals surface area contributed by atoms with E-state index in [1.165, 1.54) is 6.07 Å². The lowest BCUT2D eigenvalue weighted by Gasteiger charge is -2.37. The summed E-state index contributed by atoms with van der Waals surface area (Å²) < 4.78 is 19.1. The van der Waals surface area contributed by atoms with Gasteiger partial charge in [-0.05, 0) is 31.5 Å². The second-order valence-corrected chi connectivity index (χ2v) is 5.53. The average Bonchev–Trinajstić information content (AvgIpc) is 2.41. The Bertz CT molecular complexity index is 481. The maximum Gasteiger partial charge on any atom is 0.254 e. The molecule has 2 rings (SSSR count). The fraction of sp³-hybridized carbons (Fsp3) is 0.500. The third-order valence-corrected chi connectivity index (χ3v) is 4.08. The largest absolute Gasteiger partial charge is 0.373 e. The first kappa shape index (κ1) is 14.5. The summed E-state index contributed by atoms with van der Waals surface area (Å²) in [5.74, 6) is -0.482. The molecule has 1 aliphatic rings. The highest BCUT2D eigenvalue weighted by Gasteiger charge is 2.29. The number of halogens is 2. The van der Waals surface area contributed by atoms with Gasteiger partial charge >= 0.3 is 0 Å². The molecule has 0 saturated carbocycles. The number of alkyl halides is 1. The summed E-state index contributed by atoms with van der Waals surface area (Å²) >= 11 is 3.36. The van der Waals surface area contributed by atoms with Gasteiger partial charge in [-0.15, -0.1) is 0 Å². The van der Waals surface area contributed by atoms with Crippen LogP contribution < -0.4 is 0 Å². The minimum Gasteiger partial charge on any atom is -0.373 e. The zero-order chi connectivity index (χ0) is 14.0. The number of nitrogens with zero attached hydrogens (tertiary/aromatic N) is 1. The SMILES string of the molecule is Cc1ccc(C(=O)N2CC(CBr)OCC2C)cc1F. The van der Waals surface area contributed by atoms with Crippen molar-refractivity contribution in [2.75, 3.05) is 18.5 Å². The molecule has 0 N–H and O–H groups in total. The van der Waals surface area contributed by atoms with Gasteiger partial charge < -0.3 is 9.64 Å². The van der Waals surface area contributed by atoms with Gasteiger partial charge in [-0.1, -0.05) is 22.0 Å². The topological polar surface area (TPSA) is 29.5 Å². The van der Waals surface area contributed by atoms with Gasteiger partial charge in [0.25, 0.3) is 5.91 Å². The van der Waals surface area contributed by atoms with Crippen LogP contribution in [0.3, 0.4) is 0 Å². The van der Waals surface area contributed by atoms with Crippen LogP contribution in [0.2, 0.25) is 0 Å². The Balaban J connectivity index is 2.19. The first-order chi connectivity index (χ1) is 9.02. The zero-order valence-electron chi connectivity index (χ0n) is 11.0. The Morgan fingerprint density at radius 2 is 2.32 bits per heavy atom. The molecule has 5 heteroatoms. The smallest absolute Gasteiger partial charge is 0.254 e. The van der Waals surface area contributed by atoms with Crippen LogP contribution in [-0.2, 0) is 4.74 Å². The van der Waals surface area contributed by atoms with Crippen LogP contribution in [0.4, 0.5) is 4.39 Å². The van der Waals surface area contributed by atoms with Gasteiger partial charge in [-0.25, -0.2) is 4.39 Å². The molecule has 0 spiro atoms. The van der Waals surface area contributed by atoms with E-state index in [2.05, 4.69) is 15.9 Å². The van der Waals surface area contributed by atoms with E-state index in [1.54, 1.807) is 24.0 Å². The van der Waals surface area contributed by atoms with Crippen molar-refractivity contribution in [2.45, 2.75) is 26.0 Å². The predicted octanol–water partition coefficient (Wildman–Crippen LogP) is 2.76. The van der Waals surface area contributed by atoms with Crippen molar-refractivity contribution in [3.05, 3.63) is 35.1 Å². The number of carbonyl (C=O) groups is 1. The van der Waals surface area contributed by atoms with E-state index in [1.807, 2.05) is 6.92 Å². The monoisotopic (exact) mass is 329 g/mol. The molecule has 19 heavy (non-hydrogen) atoms. The van der Waals surface area contributed by atoms with E-state index in [0.717, 1.165) is 0 Å². The van der Waals surface area contributed by atoms with E-state index < -0.39 is 0 Å². The summed E-state index contributed by atoms with van der Waals surface area (Å²) in [5, 5.41) is 0.686. The molecule has 1 heterocycles. The molecule has 1 fully saturated rings. The zero-order valence-corrected chi connectivity index (χ0v) is 12.6. The standard InChI is InChI=1S/C14H17BrFNO2/c1-9-3-4-11(5-13(9)16)14(18)17-7-12(6-15)19-8-10(17)2/h3-5,10,12H,6-8H2,1-2H3. The molecule has 1 aliphatic heterocycles. The van der Waals surface area contributed by atoms with Crippen LogP contribution in [0.25, 0.3) is 0 Å². The Morgan fingerprint density at radius 1 is 1.58 bits per heavy atom. The van der Waals surface area contributed by atoms with Crippen molar-refractivity contribution in [1.29, 1.82) is 0 Å². The fourth-order valence-electron chi connectivity index (χ4n) is 2.09. The summed E-state index contributed by atoms with van der Waals surface area (Å²) in [7, 11) is 0. The van der Waals surface area contributed by atoms with E-state index in [0.29, 0.717) is 29.6 Å². The molecule has 1 aromatic rings. The quantitative estimate of drug-likeness (QED) is 0.781. The molecular weight excluding hydrogens is 313 g/mol. The molecule has 0 bridgehead atoms. The van der Waals surface area contributed by atoms with Crippen LogP contribution in [0.15, 0.2) is 18.2 Å². The normalized spacial score (nSPS) is 23.5. The molecular formula is C14H17BrFNO2. The Kier molecular flexibility index (Phi) is 4.58. The second kappa shape index (κ2) is 6.01. The van der Waals surface area contributed by atoms with Crippen LogP contribution in [0.5, 0.6) is 0 Å². The van der Waals surface area contributed by atoms with Crippen LogP contribution in [0.1, 0.15) is 22.8 Å². The number of carbonyl (C=O) groups excluding carboxylic acids is 1. The minimum absolute atomic E-state index is 0.00422. The van der Waals surface area contributed by atoms with Crippen molar-refractivity contribution >= 4 is 21.8 Å². The molecule has 2 atom stereocenters. The van der Waals surface area contributed by atoms with E-state index in [4.69, 9.17) is 4.74 Å². The first-order valence-electron chi connectivity index (χ1n) is 6.27. The number of aryl methyl sites for hydroxylation is 1. The third-order valence-electron chi connectivity index (χ3n) is 3.36. The molecule has 104 valence electrons. The van der Waals surface area contributed by atoms with E-state index in [9.17, 15) is 9.18 Å². The van der Waals surface area contributed by atoms with Gasteiger partial charge in [0.2, 0.25) is 0 Å². The summed E-state index contributed by atoms with van der Waals surface area (Å²) in [5.41, 5.74) is 0.940. The number of rotatable bonds is 2. The summed E-state index contributed by atoms with van der Waals surface area (Å²) in [4.78, 5) is 14.2. The van der Waals surface area contributed by atoms with Gasteiger partial charge in [0.1, 0.15) is 5.82 Å². The number of hydrogen-bond donors (Lipinski definition) is 0. The van der Waals surface area contributed by atoms with Crippen LogP contribution in [0, 0.1) is 12.7 Å². The highest BCUT2D eigenvalue weighted by Crippen LogP contribution is 2.18. The van der Waals surface area contributed by atoms with Crippen LogP contribution >= 0.6 is 15.9 Å². The molecule has 2 unspecified atom stereocenters. The number of hydrogen-bond acceptors (Lipinski definition) is 2. The molecule has 0 radical (unpaired) electrons. The van der Waals surface area contributed by atoms with E-state index >= 15 is 0 Å². The lowest BCUT2D eigenvalue weighted by molar-refractivity contribution is -0.0361. The molecule has 1 amide bonds. The Labute approximate surface area is 120 Å². The summed E-state index contributed by atoms with van der Waals surface area (Å²) in [6.45, 7) is 4.66. The van der Waals surface area contributed by atoms with Gasteiger partial charge in [0, 0.05) is 17.4 Å². The highest BCUT2D eigenvalue weighted by atomic mass is 79.9. The van der Waals surface area contributed by atoms with Gasteiger partial charge in [0.05, 0.1) is 18.8 Å². The Morgan fingerprint density at radius 3 is 2.95 bits per heavy atom. The molecule has 0 aliphatic carbocycles. The fourth-order valence-corrected chi connectivity index (χ4v) is 2.48. The molecule has 1 aromatic carbocycles. The van der Waals surface area contributed by atoms with Gasteiger partial charge in [0.15, 0.2) is 0 Å². The lowest BCUT2D eigenvalue weighted by Crippen LogP contribution is -2.51. The lowest BCUT2D eigenvalue weighted by atomic mass is 10.1. The minimum atomic E-state index is -0.344. The van der Waals surface area contributed by atoms with Gasteiger partial charge in [-0.2, -0.15) is 0 Å². The van der Waals surface area contributed by atoms with Crippen molar-refractivity contribution in [1.82, 2.24) is 4.90 Å². The van der Waals surface area contributed by atoms with Crippen molar-refractivity contribution in [2.24, 2.45) is 0 Å². The molecule has 3 nitrogen and oxygen atoms in total. The summed E-state index contributed by atoms with van der Waals surface area (Å²) in [6, 6.07) is 4.62. The number of amides is 1. The average molecular weight is 330 g/mol. The van der Waals surface area contributed by atoms with Crippen LogP contribution in [-0.4, -0.2) is 41.4 Å². The predicted molar refractivity (Wildman–Crippen MR) is 75.2 cm³/mol. The molecule has 0 aromatic heterocycles. The number of ether oxygens (including phenoxy) is 1. The van der Waals surface area contributed by atoms with Crippen molar-refractivity contribution in [3.63, 3.8) is 0 Å². The van der Waals surface area contributed by atoms with Gasteiger partial charge in [-0.3, -0.25) is 4.79 Å². The van der Waals surface area contributed by atoms with Crippen molar-refractivity contribution < 1.29 is 13.9 Å². The Hall–Kier alpha value is -0.940. The maximum atomic E-state index is 13.5. The van der Waals surface area contributed by atoms with E-state index in [-0.39, 0.29) is 23.9 Å². The maximum absolute atomic E-state index is 13.5. The van der Waals surface area contributed by atoms with Crippen molar-refractivity contribution in [3.8, 4) is 0 Å². The first-order valence-corrected chi connectivity index (χ1v) is 7.39. The third kappa shape index (κ3) is 3.15. The highest BCUT2D eigenvalue weighted by molar-refractivity contribution is 9.09. The molecule has 1 saturated heterocycles.